The van der Waals surface area contributed by atoms with Crippen molar-refractivity contribution in [3.8, 4) is 0 Å². The van der Waals surface area contributed by atoms with E-state index in [1.165, 1.54) is 12.1 Å². The Labute approximate surface area is 141 Å². The van der Waals surface area contributed by atoms with Crippen LogP contribution in [0.25, 0.3) is 0 Å². The zero-order valence-electron chi connectivity index (χ0n) is 12.3. The zero-order chi connectivity index (χ0) is 18.1. The van der Waals surface area contributed by atoms with Crippen molar-refractivity contribution in [2.45, 2.75) is 24.5 Å². The minimum Gasteiger partial charge on any atom is -0.207 e. The maximum absolute atomic E-state index is 13.2. The van der Waals surface area contributed by atoms with E-state index in [1.807, 2.05) is 0 Å². The fourth-order valence-corrected chi connectivity index (χ4v) is 3.50. The molecule has 0 aliphatic rings. The third-order valence-electron chi connectivity index (χ3n) is 3.31. The second kappa shape index (κ2) is 6.70. The molecule has 2 aromatic carbocycles. The van der Waals surface area contributed by atoms with Crippen LogP contribution in [0.2, 0.25) is 5.02 Å². The molecule has 0 saturated heterocycles. The molecule has 0 atom stereocenters. The molecular weight excluding hydrogens is 370 g/mol. The number of alkyl halides is 3. The molecule has 0 bridgehead atoms. The summed E-state index contributed by atoms with van der Waals surface area (Å²) in [6.07, 6.45) is -4.70. The lowest BCUT2D eigenvalue weighted by Crippen LogP contribution is -2.24. The van der Waals surface area contributed by atoms with Gasteiger partial charge in [-0.05, 0) is 48.4 Å². The molecule has 0 amide bonds. The van der Waals surface area contributed by atoms with Crippen molar-refractivity contribution in [3.05, 3.63) is 63.9 Å². The van der Waals surface area contributed by atoms with Crippen LogP contribution in [0, 0.1) is 12.7 Å². The molecule has 0 aromatic heterocycles. The number of hydrogen-bond donors (Lipinski definition) is 1. The Morgan fingerprint density at radius 1 is 1.12 bits per heavy atom. The van der Waals surface area contributed by atoms with Crippen LogP contribution in [0.3, 0.4) is 0 Å². The zero-order valence-corrected chi connectivity index (χ0v) is 13.9. The van der Waals surface area contributed by atoms with E-state index in [0.29, 0.717) is 23.3 Å². The summed E-state index contributed by atoms with van der Waals surface area (Å²) in [4.78, 5) is -0.687. The van der Waals surface area contributed by atoms with Gasteiger partial charge in [0.1, 0.15) is 10.7 Å². The number of sulfonamides is 1. The summed E-state index contributed by atoms with van der Waals surface area (Å²) in [6.45, 7) is 1.37. The Balaban J connectivity index is 2.32. The van der Waals surface area contributed by atoms with Crippen LogP contribution in [0.5, 0.6) is 0 Å². The van der Waals surface area contributed by atoms with Crippen molar-refractivity contribution in [2.75, 3.05) is 0 Å². The molecule has 0 radical (unpaired) electrons. The van der Waals surface area contributed by atoms with Crippen molar-refractivity contribution in [3.63, 3.8) is 0 Å². The van der Waals surface area contributed by atoms with Crippen LogP contribution >= 0.6 is 11.6 Å². The molecular formula is C15H12ClF4NO2S. The van der Waals surface area contributed by atoms with E-state index in [2.05, 4.69) is 4.72 Å². The van der Waals surface area contributed by atoms with Gasteiger partial charge in [-0.3, -0.25) is 0 Å². The van der Waals surface area contributed by atoms with Gasteiger partial charge in [0, 0.05) is 6.54 Å². The van der Waals surface area contributed by atoms with Gasteiger partial charge in [0.15, 0.2) is 0 Å². The van der Waals surface area contributed by atoms with Gasteiger partial charge in [0.2, 0.25) is 10.0 Å². The maximum atomic E-state index is 13.2. The first kappa shape index (κ1) is 18.7. The Morgan fingerprint density at radius 3 is 2.42 bits per heavy atom. The molecule has 0 unspecified atom stereocenters. The third kappa shape index (κ3) is 4.25. The highest BCUT2D eigenvalue weighted by atomic mass is 35.5. The van der Waals surface area contributed by atoms with E-state index in [1.54, 1.807) is 6.92 Å². The smallest absolute Gasteiger partial charge is 0.207 e. The molecule has 3 nitrogen and oxygen atoms in total. The molecule has 1 N–H and O–H groups in total. The van der Waals surface area contributed by atoms with Crippen molar-refractivity contribution in [1.29, 1.82) is 0 Å². The fraction of sp³-hybridized carbons (Fsp3) is 0.200. The van der Waals surface area contributed by atoms with Crippen molar-refractivity contribution >= 4 is 21.6 Å². The number of rotatable bonds is 4. The predicted molar refractivity (Wildman–Crippen MR) is 81.6 cm³/mol. The van der Waals surface area contributed by atoms with Gasteiger partial charge in [0.25, 0.3) is 0 Å². The molecule has 130 valence electrons. The lowest BCUT2D eigenvalue weighted by atomic mass is 10.1. The predicted octanol–water partition coefficient (Wildman–Crippen LogP) is 4.28. The number of halogens is 5. The van der Waals surface area contributed by atoms with Gasteiger partial charge in [-0.1, -0.05) is 17.7 Å². The molecule has 2 aromatic rings. The molecule has 0 saturated carbocycles. The van der Waals surface area contributed by atoms with E-state index in [4.69, 9.17) is 11.6 Å². The summed E-state index contributed by atoms with van der Waals surface area (Å²) in [7, 11) is -4.31. The summed E-state index contributed by atoms with van der Waals surface area (Å²) < 4.78 is 78.0. The number of benzene rings is 2. The standard InChI is InChI=1S/C15H12ClF4NO2S/c1-9-2-4-12(17)6-10(9)8-21-24(22,23)14-7-11(15(18,19)20)3-5-13(14)16/h2-7,21H,8H2,1H3. The van der Waals surface area contributed by atoms with Crippen molar-refractivity contribution in [2.24, 2.45) is 0 Å². The molecule has 0 heterocycles. The summed E-state index contributed by atoms with van der Waals surface area (Å²) in [6, 6.07) is 5.85. The normalized spacial score (nSPS) is 12.4. The lowest BCUT2D eigenvalue weighted by Gasteiger charge is -2.13. The first-order chi connectivity index (χ1) is 11.0. The highest BCUT2D eigenvalue weighted by Crippen LogP contribution is 2.33. The minimum absolute atomic E-state index is 0.279. The molecule has 0 aliphatic heterocycles. The van der Waals surface area contributed by atoms with E-state index in [0.717, 1.165) is 12.1 Å². The Hall–Kier alpha value is -1.64. The van der Waals surface area contributed by atoms with Gasteiger partial charge in [-0.25, -0.2) is 17.5 Å². The second-order valence-corrected chi connectivity index (χ2v) is 7.18. The average Bonchev–Trinajstić information content (AvgIpc) is 2.47. The van der Waals surface area contributed by atoms with Crippen LogP contribution < -0.4 is 4.72 Å². The summed E-state index contributed by atoms with van der Waals surface area (Å²) in [5, 5.41) is -0.341. The van der Waals surface area contributed by atoms with Gasteiger partial charge < -0.3 is 0 Å². The van der Waals surface area contributed by atoms with Gasteiger partial charge in [-0.15, -0.1) is 0 Å². The Morgan fingerprint density at radius 2 is 1.79 bits per heavy atom. The average molecular weight is 382 g/mol. The van der Waals surface area contributed by atoms with Gasteiger partial charge >= 0.3 is 6.18 Å². The maximum Gasteiger partial charge on any atom is 0.416 e. The van der Waals surface area contributed by atoms with Gasteiger partial charge in [-0.2, -0.15) is 13.2 Å². The van der Waals surface area contributed by atoms with E-state index in [9.17, 15) is 26.0 Å². The van der Waals surface area contributed by atoms with Crippen molar-refractivity contribution in [1.82, 2.24) is 4.72 Å². The summed E-state index contributed by atoms with van der Waals surface area (Å²) in [5.41, 5.74) is -0.134. The molecule has 24 heavy (non-hydrogen) atoms. The molecule has 2 rings (SSSR count). The minimum atomic E-state index is -4.70. The first-order valence-electron chi connectivity index (χ1n) is 6.62. The van der Waals surface area contributed by atoms with Crippen LogP contribution in [0.4, 0.5) is 17.6 Å². The molecule has 9 heteroatoms. The van der Waals surface area contributed by atoms with Crippen LogP contribution in [-0.2, 0) is 22.7 Å². The topological polar surface area (TPSA) is 46.2 Å². The first-order valence-corrected chi connectivity index (χ1v) is 8.48. The van der Waals surface area contributed by atoms with E-state index >= 15 is 0 Å². The molecule has 0 fully saturated rings. The van der Waals surface area contributed by atoms with E-state index < -0.39 is 32.5 Å². The number of aryl methyl sites for hydroxylation is 1. The highest BCUT2D eigenvalue weighted by Gasteiger charge is 2.32. The highest BCUT2D eigenvalue weighted by molar-refractivity contribution is 7.89. The monoisotopic (exact) mass is 381 g/mol. The van der Waals surface area contributed by atoms with Gasteiger partial charge in [0.05, 0.1) is 10.6 Å². The fourth-order valence-electron chi connectivity index (χ4n) is 1.97. The quantitative estimate of drug-likeness (QED) is 0.803. The van der Waals surface area contributed by atoms with Crippen LogP contribution in [0.15, 0.2) is 41.3 Å². The third-order valence-corrected chi connectivity index (χ3v) is 5.19. The summed E-state index contributed by atoms with van der Waals surface area (Å²) in [5.74, 6) is -0.549. The van der Waals surface area contributed by atoms with Crippen LogP contribution in [0.1, 0.15) is 16.7 Å². The molecule has 0 aliphatic carbocycles. The van der Waals surface area contributed by atoms with Crippen LogP contribution in [-0.4, -0.2) is 8.42 Å². The largest absolute Gasteiger partial charge is 0.416 e. The SMILES string of the molecule is Cc1ccc(F)cc1CNS(=O)(=O)c1cc(C(F)(F)F)ccc1Cl. The number of hydrogen-bond acceptors (Lipinski definition) is 2. The van der Waals surface area contributed by atoms with E-state index in [-0.39, 0.29) is 11.6 Å². The number of nitrogens with one attached hydrogen (secondary N) is 1. The molecule has 0 spiro atoms. The summed E-state index contributed by atoms with van der Waals surface area (Å²) >= 11 is 5.72. The lowest BCUT2D eigenvalue weighted by molar-refractivity contribution is -0.137. The Kier molecular flexibility index (Phi) is 5.22. The van der Waals surface area contributed by atoms with Crippen molar-refractivity contribution < 1.29 is 26.0 Å². The Bertz CT molecular complexity index is 866. The second-order valence-electron chi connectivity index (χ2n) is 5.04.